The van der Waals surface area contributed by atoms with E-state index in [-0.39, 0.29) is 11.8 Å². The predicted octanol–water partition coefficient (Wildman–Crippen LogP) is 5.61. The van der Waals surface area contributed by atoms with Crippen molar-refractivity contribution < 1.29 is 4.79 Å². The minimum absolute atomic E-state index is 0.0386. The summed E-state index contributed by atoms with van der Waals surface area (Å²) in [5, 5.41) is 3.48. The molecule has 0 radical (unpaired) electrons. The molecule has 1 N–H and O–H groups in total. The fourth-order valence-corrected chi connectivity index (χ4v) is 6.39. The van der Waals surface area contributed by atoms with Gasteiger partial charge in [-0.2, -0.15) is 0 Å². The van der Waals surface area contributed by atoms with Crippen LogP contribution in [0.2, 0.25) is 0 Å². The van der Waals surface area contributed by atoms with Crippen molar-refractivity contribution in [1.82, 2.24) is 5.32 Å². The van der Waals surface area contributed by atoms with E-state index in [4.69, 9.17) is 0 Å². The predicted molar refractivity (Wildman–Crippen MR) is 113 cm³/mol. The number of benzene rings is 2. The highest BCUT2D eigenvalue weighted by Gasteiger charge is 2.53. The lowest BCUT2D eigenvalue weighted by Gasteiger charge is -2.51. The van der Waals surface area contributed by atoms with Gasteiger partial charge in [-0.15, -0.1) is 0 Å². The second-order valence-electron chi connectivity index (χ2n) is 9.40. The van der Waals surface area contributed by atoms with Crippen LogP contribution in [0.1, 0.15) is 80.0 Å². The zero-order chi connectivity index (χ0) is 19.3. The molecule has 4 aliphatic rings. The van der Waals surface area contributed by atoms with Gasteiger partial charge in [-0.05, 0) is 46.9 Å². The Morgan fingerprint density at radius 3 is 1.82 bits per heavy atom. The molecule has 28 heavy (non-hydrogen) atoms. The van der Waals surface area contributed by atoms with E-state index in [0.29, 0.717) is 29.7 Å². The van der Waals surface area contributed by atoms with E-state index >= 15 is 0 Å². The fraction of sp³-hybridized carbons (Fsp3) is 0.500. The number of fused-ring (bicyclic) bond motifs is 1. The fourth-order valence-electron chi connectivity index (χ4n) is 6.39. The lowest BCUT2D eigenvalue weighted by atomic mass is 9.51. The molecule has 2 bridgehead atoms. The van der Waals surface area contributed by atoms with Crippen LogP contribution in [0.25, 0.3) is 0 Å². The quantitative estimate of drug-likeness (QED) is 0.744. The highest BCUT2D eigenvalue weighted by atomic mass is 16.2. The molecule has 2 aromatic carbocycles. The SMILES string of the molecule is CC(C)C1C2c3ccccc3C(c3ccccc32)C1C(=O)NC1CCCCC1. The van der Waals surface area contributed by atoms with Crippen LogP contribution < -0.4 is 5.32 Å². The van der Waals surface area contributed by atoms with Gasteiger partial charge in [0.2, 0.25) is 5.91 Å². The van der Waals surface area contributed by atoms with E-state index in [9.17, 15) is 4.79 Å². The van der Waals surface area contributed by atoms with Gasteiger partial charge in [0, 0.05) is 17.9 Å². The summed E-state index contributed by atoms with van der Waals surface area (Å²) in [5.74, 6) is 1.68. The lowest BCUT2D eigenvalue weighted by Crippen LogP contribution is -2.51. The minimum atomic E-state index is 0.0386. The third-order valence-corrected chi connectivity index (χ3v) is 7.52. The topological polar surface area (TPSA) is 29.1 Å². The highest BCUT2D eigenvalue weighted by molar-refractivity contribution is 5.83. The van der Waals surface area contributed by atoms with E-state index in [1.165, 1.54) is 41.5 Å². The summed E-state index contributed by atoms with van der Waals surface area (Å²) in [4.78, 5) is 13.7. The van der Waals surface area contributed by atoms with Gasteiger partial charge < -0.3 is 5.32 Å². The number of amides is 1. The Morgan fingerprint density at radius 1 is 0.821 bits per heavy atom. The molecule has 2 heteroatoms. The van der Waals surface area contributed by atoms with Crippen LogP contribution in [-0.4, -0.2) is 11.9 Å². The van der Waals surface area contributed by atoms with Gasteiger partial charge in [-0.25, -0.2) is 0 Å². The summed E-state index contributed by atoms with van der Waals surface area (Å²) in [6.07, 6.45) is 6.11. The van der Waals surface area contributed by atoms with Crippen LogP contribution in [0, 0.1) is 17.8 Å². The maximum Gasteiger partial charge on any atom is 0.224 e. The highest BCUT2D eigenvalue weighted by Crippen LogP contribution is 2.60. The Labute approximate surface area is 168 Å². The monoisotopic (exact) mass is 373 g/mol. The van der Waals surface area contributed by atoms with Gasteiger partial charge in [0.15, 0.2) is 0 Å². The van der Waals surface area contributed by atoms with Crippen LogP contribution in [0.15, 0.2) is 48.5 Å². The van der Waals surface area contributed by atoms with E-state index in [0.717, 1.165) is 12.8 Å². The van der Waals surface area contributed by atoms with Gasteiger partial charge in [0.1, 0.15) is 0 Å². The van der Waals surface area contributed by atoms with Crippen molar-refractivity contribution in [3.8, 4) is 0 Å². The summed E-state index contributed by atoms with van der Waals surface area (Å²) in [7, 11) is 0. The van der Waals surface area contributed by atoms with Gasteiger partial charge in [0.25, 0.3) is 0 Å². The first-order valence-electron chi connectivity index (χ1n) is 11.1. The largest absolute Gasteiger partial charge is 0.353 e. The van der Waals surface area contributed by atoms with Gasteiger partial charge in [0.05, 0.1) is 5.92 Å². The molecule has 0 aromatic heterocycles. The standard InChI is InChI=1S/C26H31NO/c1-16(2)22-23-18-12-6-8-14-20(18)24(21-15-9-7-13-19(21)23)25(22)26(28)27-17-10-4-3-5-11-17/h6-9,12-17,22-25H,3-5,10-11H2,1-2H3,(H,27,28). The lowest BCUT2D eigenvalue weighted by molar-refractivity contribution is -0.129. The van der Waals surface area contributed by atoms with E-state index in [2.05, 4.69) is 67.7 Å². The Bertz CT molecular complexity index is 832. The molecule has 0 aliphatic heterocycles. The summed E-state index contributed by atoms with van der Waals surface area (Å²) < 4.78 is 0. The summed E-state index contributed by atoms with van der Waals surface area (Å²) >= 11 is 0. The van der Waals surface area contributed by atoms with Crippen molar-refractivity contribution in [3.63, 3.8) is 0 Å². The molecule has 2 atom stereocenters. The molecule has 0 saturated heterocycles. The molecule has 0 heterocycles. The average Bonchev–Trinajstić information content (AvgIpc) is 2.73. The number of hydrogen-bond acceptors (Lipinski definition) is 1. The maximum atomic E-state index is 13.7. The van der Waals surface area contributed by atoms with Crippen LogP contribution in [0.4, 0.5) is 0 Å². The van der Waals surface area contributed by atoms with Crippen molar-refractivity contribution in [1.29, 1.82) is 0 Å². The Kier molecular flexibility index (Phi) is 4.53. The molecule has 146 valence electrons. The number of nitrogens with one attached hydrogen (secondary N) is 1. The summed E-state index contributed by atoms with van der Waals surface area (Å²) in [5.41, 5.74) is 5.66. The molecule has 0 spiro atoms. The minimum Gasteiger partial charge on any atom is -0.353 e. The Morgan fingerprint density at radius 2 is 1.32 bits per heavy atom. The van der Waals surface area contributed by atoms with Crippen molar-refractivity contribution in [2.75, 3.05) is 0 Å². The molecule has 2 aromatic rings. The van der Waals surface area contributed by atoms with Crippen molar-refractivity contribution in [2.45, 2.75) is 63.8 Å². The number of carbonyl (C=O) groups excluding carboxylic acids is 1. The van der Waals surface area contributed by atoms with E-state index in [1.807, 2.05) is 0 Å². The molecular weight excluding hydrogens is 342 g/mol. The maximum absolute atomic E-state index is 13.7. The van der Waals surface area contributed by atoms with Gasteiger partial charge in [-0.1, -0.05) is 81.6 Å². The van der Waals surface area contributed by atoms with E-state index in [1.54, 1.807) is 0 Å². The van der Waals surface area contributed by atoms with Crippen molar-refractivity contribution in [3.05, 3.63) is 70.8 Å². The molecule has 1 fully saturated rings. The molecule has 2 nitrogen and oxygen atoms in total. The molecule has 6 rings (SSSR count). The number of carbonyl (C=O) groups is 1. The first-order valence-corrected chi connectivity index (χ1v) is 11.1. The average molecular weight is 374 g/mol. The summed E-state index contributed by atoms with van der Waals surface area (Å²) in [6, 6.07) is 18.1. The van der Waals surface area contributed by atoms with Crippen molar-refractivity contribution in [2.24, 2.45) is 17.8 Å². The molecule has 1 amide bonds. The van der Waals surface area contributed by atoms with Crippen LogP contribution in [0.3, 0.4) is 0 Å². The molecular formula is C26H31NO. The summed E-state index contributed by atoms with van der Waals surface area (Å²) in [6.45, 7) is 4.61. The van der Waals surface area contributed by atoms with Crippen LogP contribution in [-0.2, 0) is 4.79 Å². The first kappa shape index (κ1) is 18.0. The number of rotatable bonds is 3. The zero-order valence-corrected chi connectivity index (χ0v) is 17.0. The Hall–Kier alpha value is -2.09. The van der Waals surface area contributed by atoms with Crippen molar-refractivity contribution >= 4 is 5.91 Å². The first-order chi connectivity index (χ1) is 13.7. The Balaban J connectivity index is 1.60. The number of hydrogen-bond donors (Lipinski definition) is 1. The normalized spacial score (nSPS) is 28.7. The van der Waals surface area contributed by atoms with Crippen LogP contribution in [0.5, 0.6) is 0 Å². The van der Waals surface area contributed by atoms with E-state index < -0.39 is 0 Å². The molecule has 1 saturated carbocycles. The van der Waals surface area contributed by atoms with Crippen LogP contribution >= 0.6 is 0 Å². The molecule has 4 aliphatic carbocycles. The smallest absolute Gasteiger partial charge is 0.224 e. The van der Waals surface area contributed by atoms with Gasteiger partial charge >= 0.3 is 0 Å². The second-order valence-corrected chi connectivity index (χ2v) is 9.40. The third kappa shape index (κ3) is 2.72. The van der Waals surface area contributed by atoms with Gasteiger partial charge in [-0.3, -0.25) is 4.79 Å². The zero-order valence-electron chi connectivity index (χ0n) is 17.0. The second kappa shape index (κ2) is 7.06. The third-order valence-electron chi connectivity index (χ3n) is 7.52. The molecule has 2 unspecified atom stereocenters.